The summed E-state index contributed by atoms with van der Waals surface area (Å²) in [4.78, 5) is 11.2. The van der Waals surface area contributed by atoms with E-state index < -0.39 is 0 Å². The number of esters is 1. The van der Waals surface area contributed by atoms with Gasteiger partial charge in [0, 0.05) is 11.5 Å². The van der Waals surface area contributed by atoms with E-state index in [1.54, 1.807) is 37.3 Å². The summed E-state index contributed by atoms with van der Waals surface area (Å²) in [5, 5.41) is 8.28. The van der Waals surface area contributed by atoms with Gasteiger partial charge in [0.05, 0.1) is 13.0 Å². The molecule has 0 aliphatic carbocycles. The van der Waals surface area contributed by atoms with Gasteiger partial charge in [-0.15, -0.1) is 0 Å². The number of carbonyl (C=O) groups is 1. The lowest BCUT2D eigenvalue weighted by atomic mass is 10.1. The summed E-state index contributed by atoms with van der Waals surface area (Å²) in [5.41, 5.74) is 1.63. The Hall–Kier alpha value is -2.26. The molecule has 0 fully saturated rings. The van der Waals surface area contributed by atoms with Gasteiger partial charge in [-0.1, -0.05) is 18.1 Å². The Labute approximate surface area is 94.7 Å². The fourth-order valence-corrected chi connectivity index (χ4v) is 1.18. The minimum Gasteiger partial charge on any atom is -0.466 e. The van der Waals surface area contributed by atoms with Crippen LogP contribution in [-0.4, -0.2) is 12.6 Å². The molecule has 80 valence electrons. The molecule has 0 radical (unpaired) electrons. The molecule has 1 aromatic rings. The first-order valence-corrected chi connectivity index (χ1v) is 4.91. The molecule has 0 aromatic heterocycles. The van der Waals surface area contributed by atoms with Crippen LogP contribution in [0.2, 0.25) is 0 Å². The van der Waals surface area contributed by atoms with Crippen LogP contribution in [-0.2, 0) is 16.0 Å². The van der Waals surface area contributed by atoms with Gasteiger partial charge >= 0.3 is 5.97 Å². The number of carbonyl (C=O) groups excluding carboxylic acids is 1. The number of ether oxygens (including phenoxy) is 1. The normalized spacial score (nSPS) is 8.50. The van der Waals surface area contributed by atoms with Gasteiger partial charge in [-0.2, -0.15) is 5.26 Å². The van der Waals surface area contributed by atoms with Crippen LogP contribution < -0.4 is 0 Å². The lowest BCUT2D eigenvalue weighted by Gasteiger charge is -2.01. The highest BCUT2D eigenvalue weighted by Crippen LogP contribution is 2.04. The minimum absolute atomic E-state index is 0.238. The number of nitrogens with zero attached hydrogens (tertiary/aromatic N) is 1. The molecule has 1 rings (SSSR count). The first-order chi connectivity index (χ1) is 7.76. The fourth-order valence-electron chi connectivity index (χ4n) is 1.18. The fraction of sp³-hybridized carbons (Fsp3) is 0.231. The molecule has 0 aliphatic heterocycles. The molecule has 1 aromatic carbocycles. The van der Waals surface area contributed by atoms with Crippen LogP contribution in [0.25, 0.3) is 0 Å². The topological polar surface area (TPSA) is 50.1 Å². The van der Waals surface area contributed by atoms with E-state index in [1.165, 1.54) is 0 Å². The summed E-state index contributed by atoms with van der Waals surface area (Å²) < 4.78 is 4.83. The molecule has 0 saturated carbocycles. The average molecular weight is 213 g/mol. The zero-order valence-corrected chi connectivity index (χ0v) is 8.99. The summed E-state index contributed by atoms with van der Waals surface area (Å²) in [6.45, 7) is 2.17. The molecule has 0 atom stereocenters. The van der Waals surface area contributed by atoms with E-state index in [1.807, 2.05) is 0 Å². The summed E-state index contributed by atoms with van der Waals surface area (Å²) in [5.74, 6) is 4.74. The summed E-state index contributed by atoms with van der Waals surface area (Å²) in [6, 6.07) is 8.91. The Morgan fingerprint density at radius 3 is 2.62 bits per heavy atom. The summed E-state index contributed by atoms with van der Waals surface area (Å²) in [7, 11) is 0. The van der Waals surface area contributed by atoms with Gasteiger partial charge in [0.15, 0.2) is 6.07 Å². The second-order valence-corrected chi connectivity index (χ2v) is 3.04. The molecular formula is C13H11NO2. The maximum absolute atomic E-state index is 11.2. The molecule has 0 aliphatic rings. The van der Waals surface area contributed by atoms with Crippen molar-refractivity contribution in [2.75, 3.05) is 6.61 Å². The predicted octanol–water partition coefficient (Wildman–Crippen LogP) is 1.67. The lowest BCUT2D eigenvalue weighted by Crippen LogP contribution is -2.07. The number of rotatable bonds is 3. The van der Waals surface area contributed by atoms with Crippen LogP contribution in [0.3, 0.4) is 0 Å². The Morgan fingerprint density at radius 2 is 2.06 bits per heavy atom. The van der Waals surface area contributed by atoms with Crippen molar-refractivity contribution in [3.63, 3.8) is 0 Å². The second-order valence-electron chi connectivity index (χ2n) is 3.04. The molecule has 0 amide bonds. The quantitative estimate of drug-likeness (QED) is 0.566. The van der Waals surface area contributed by atoms with E-state index in [0.717, 1.165) is 11.1 Å². The SMILES string of the molecule is CCOC(=O)Cc1ccc(C#CC#N)cc1. The van der Waals surface area contributed by atoms with Gasteiger partial charge in [-0.25, -0.2) is 0 Å². The van der Waals surface area contributed by atoms with Crippen molar-refractivity contribution >= 4 is 5.97 Å². The van der Waals surface area contributed by atoms with Crippen LogP contribution in [0.5, 0.6) is 0 Å². The minimum atomic E-state index is -0.238. The standard InChI is InChI=1S/C13H11NO2/c1-2-16-13(15)10-12-7-5-11(6-8-12)4-3-9-14/h5-8H,2,10H2,1H3. The van der Waals surface area contributed by atoms with Gasteiger partial charge in [0.2, 0.25) is 0 Å². The van der Waals surface area contributed by atoms with Crippen LogP contribution in [0.4, 0.5) is 0 Å². The van der Waals surface area contributed by atoms with Gasteiger partial charge in [0.1, 0.15) is 0 Å². The third-order valence-corrected chi connectivity index (χ3v) is 1.87. The molecule has 3 nitrogen and oxygen atoms in total. The Morgan fingerprint density at radius 1 is 1.38 bits per heavy atom. The zero-order valence-electron chi connectivity index (χ0n) is 8.99. The number of hydrogen-bond donors (Lipinski definition) is 0. The highest BCUT2D eigenvalue weighted by molar-refractivity contribution is 5.72. The monoisotopic (exact) mass is 213 g/mol. The maximum Gasteiger partial charge on any atom is 0.310 e. The Kier molecular flexibility index (Phi) is 4.63. The highest BCUT2D eigenvalue weighted by Gasteiger charge is 2.02. The van der Waals surface area contributed by atoms with E-state index in [0.29, 0.717) is 6.61 Å². The van der Waals surface area contributed by atoms with Crippen molar-refractivity contribution in [1.29, 1.82) is 5.26 Å². The van der Waals surface area contributed by atoms with Crippen molar-refractivity contribution in [3.05, 3.63) is 35.4 Å². The smallest absolute Gasteiger partial charge is 0.310 e. The first kappa shape index (κ1) is 11.8. The van der Waals surface area contributed by atoms with Crippen molar-refractivity contribution in [3.8, 4) is 17.9 Å². The number of nitriles is 1. The Bertz CT molecular complexity index is 457. The number of benzene rings is 1. The van der Waals surface area contributed by atoms with Crippen LogP contribution in [0.15, 0.2) is 24.3 Å². The van der Waals surface area contributed by atoms with Gasteiger partial charge in [-0.3, -0.25) is 4.79 Å². The van der Waals surface area contributed by atoms with Gasteiger partial charge < -0.3 is 4.74 Å². The molecule has 3 heteroatoms. The molecule has 16 heavy (non-hydrogen) atoms. The van der Waals surface area contributed by atoms with Crippen LogP contribution in [0.1, 0.15) is 18.1 Å². The highest BCUT2D eigenvalue weighted by atomic mass is 16.5. The maximum atomic E-state index is 11.2. The van der Waals surface area contributed by atoms with E-state index in [4.69, 9.17) is 10.00 Å². The molecule has 0 heterocycles. The van der Waals surface area contributed by atoms with Gasteiger partial charge in [0.25, 0.3) is 0 Å². The van der Waals surface area contributed by atoms with E-state index in [-0.39, 0.29) is 12.4 Å². The summed E-state index contributed by atoms with van der Waals surface area (Å²) in [6.07, 6.45) is 0.264. The van der Waals surface area contributed by atoms with E-state index in [2.05, 4.69) is 11.8 Å². The summed E-state index contributed by atoms with van der Waals surface area (Å²) >= 11 is 0. The van der Waals surface area contributed by atoms with Crippen LogP contribution >= 0.6 is 0 Å². The van der Waals surface area contributed by atoms with Gasteiger partial charge in [-0.05, 0) is 24.6 Å². The van der Waals surface area contributed by atoms with Crippen molar-refractivity contribution < 1.29 is 9.53 Å². The molecular weight excluding hydrogens is 202 g/mol. The molecule has 0 bridgehead atoms. The number of hydrogen-bond acceptors (Lipinski definition) is 3. The second kappa shape index (κ2) is 6.27. The first-order valence-electron chi connectivity index (χ1n) is 4.91. The van der Waals surface area contributed by atoms with Crippen molar-refractivity contribution in [2.24, 2.45) is 0 Å². The van der Waals surface area contributed by atoms with E-state index in [9.17, 15) is 4.79 Å². The zero-order chi connectivity index (χ0) is 11.8. The molecule has 0 spiro atoms. The molecule has 0 unspecified atom stereocenters. The van der Waals surface area contributed by atoms with E-state index >= 15 is 0 Å². The largest absolute Gasteiger partial charge is 0.466 e. The van der Waals surface area contributed by atoms with Crippen molar-refractivity contribution in [2.45, 2.75) is 13.3 Å². The molecule has 0 N–H and O–H groups in total. The third kappa shape index (κ3) is 3.86. The van der Waals surface area contributed by atoms with Crippen molar-refractivity contribution in [1.82, 2.24) is 0 Å². The average Bonchev–Trinajstić information content (AvgIpc) is 2.28. The van der Waals surface area contributed by atoms with Crippen LogP contribution in [0, 0.1) is 23.2 Å². The third-order valence-electron chi connectivity index (χ3n) is 1.87. The lowest BCUT2D eigenvalue weighted by molar-refractivity contribution is -0.142. The Balaban J connectivity index is 2.65. The molecule has 0 saturated heterocycles. The predicted molar refractivity (Wildman–Crippen MR) is 59.3 cm³/mol.